The van der Waals surface area contributed by atoms with Gasteiger partial charge in [0.1, 0.15) is 6.10 Å². The third-order valence-corrected chi connectivity index (χ3v) is 7.02. The minimum absolute atomic E-state index is 0.0688. The third kappa shape index (κ3) is 30.4. The summed E-state index contributed by atoms with van der Waals surface area (Å²) in [6, 6.07) is 0. The number of rotatable bonds is 29. The van der Waals surface area contributed by atoms with E-state index in [1.165, 1.54) is 38.5 Å². The lowest BCUT2D eigenvalue weighted by molar-refractivity contribution is -0.147. The zero-order valence-corrected chi connectivity index (χ0v) is 26.1. The number of carbonyl (C=O) groups excluding carboxylic acids is 1. The van der Waals surface area contributed by atoms with E-state index in [4.69, 9.17) is 9.84 Å². The van der Waals surface area contributed by atoms with E-state index in [9.17, 15) is 9.59 Å². The largest absolute Gasteiger partial charge is 0.481 e. The number of aliphatic carboxylic acids is 1. The fraction of sp³-hybridized carbons (Fsp3) is 0.722. The van der Waals surface area contributed by atoms with Gasteiger partial charge >= 0.3 is 11.9 Å². The Morgan fingerprint density at radius 1 is 0.600 bits per heavy atom. The average Bonchev–Trinajstić information content (AvgIpc) is 2.93. The van der Waals surface area contributed by atoms with Crippen molar-refractivity contribution in [3.63, 3.8) is 0 Å². The van der Waals surface area contributed by atoms with E-state index in [0.29, 0.717) is 6.42 Å². The van der Waals surface area contributed by atoms with Crippen LogP contribution in [0.1, 0.15) is 162 Å². The average molecular weight is 559 g/mol. The second-order valence-corrected chi connectivity index (χ2v) is 11.0. The molecule has 0 amide bonds. The molecule has 0 radical (unpaired) electrons. The molecule has 0 saturated heterocycles. The van der Waals surface area contributed by atoms with Gasteiger partial charge in [-0.1, -0.05) is 121 Å². The summed E-state index contributed by atoms with van der Waals surface area (Å²) in [5.74, 6) is -0.774. The lowest BCUT2D eigenvalue weighted by Crippen LogP contribution is -2.16. The maximum absolute atomic E-state index is 12.5. The molecule has 0 fully saturated rings. The summed E-state index contributed by atoms with van der Waals surface area (Å²) in [6.07, 6.45) is 41.3. The van der Waals surface area contributed by atoms with E-state index in [-0.39, 0.29) is 18.5 Å². The van der Waals surface area contributed by atoms with Crippen LogP contribution in [-0.4, -0.2) is 23.1 Å². The molecule has 230 valence electrons. The number of ether oxygens (including phenoxy) is 1. The van der Waals surface area contributed by atoms with Crippen LogP contribution in [0.5, 0.6) is 0 Å². The Kier molecular flexibility index (Phi) is 29.8. The summed E-state index contributed by atoms with van der Waals surface area (Å²) in [5.41, 5.74) is 0. The monoisotopic (exact) mass is 558 g/mol. The zero-order chi connectivity index (χ0) is 29.4. The molecule has 0 heterocycles. The molecule has 0 aliphatic rings. The molecule has 0 aromatic heterocycles. The van der Waals surface area contributed by atoms with Crippen LogP contribution >= 0.6 is 0 Å². The van der Waals surface area contributed by atoms with Crippen LogP contribution in [0.3, 0.4) is 0 Å². The van der Waals surface area contributed by atoms with Crippen LogP contribution in [0.4, 0.5) is 0 Å². The second-order valence-electron chi connectivity index (χ2n) is 11.0. The van der Waals surface area contributed by atoms with Gasteiger partial charge in [-0.25, -0.2) is 0 Å². The highest BCUT2D eigenvalue weighted by Gasteiger charge is 2.11. The van der Waals surface area contributed by atoms with Crippen molar-refractivity contribution in [2.75, 3.05) is 0 Å². The van der Waals surface area contributed by atoms with E-state index in [0.717, 1.165) is 96.3 Å². The zero-order valence-electron chi connectivity index (χ0n) is 26.1. The van der Waals surface area contributed by atoms with Crippen molar-refractivity contribution in [2.24, 2.45) is 0 Å². The smallest absolute Gasteiger partial charge is 0.306 e. The summed E-state index contributed by atoms with van der Waals surface area (Å²) in [7, 11) is 0. The van der Waals surface area contributed by atoms with Gasteiger partial charge in [0.15, 0.2) is 0 Å². The summed E-state index contributed by atoms with van der Waals surface area (Å²) < 4.78 is 5.87. The number of carboxylic acid groups (broad SMARTS) is 1. The highest BCUT2D eigenvalue weighted by Crippen LogP contribution is 2.15. The Bertz CT molecular complexity index is 689. The van der Waals surface area contributed by atoms with Crippen molar-refractivity contribution < 1.29 is 19.4 Å². The molecular formula is C36H62O4. The molecule has 4 heteroatoms. The predicted octanol–water partition coefficient (Wildman–Crippen LogP) is 11.2. The van der Waals surface area contributed by atoms with Crippen LogP contribution < -0.4 is 0 Å². The molecule has 1 N–H and O–H groups in total. The topological polar surface area (TPSA) is 63.6 Å². The fourth-order valence-corrected chi connectivity index (χ4v) is 4.58. The fourth-order valence-electron chi connectivity index (χ4n) is 4.58. The van der Waals surface area contributed by atoms with Gasteiger partial charge in [0.25, 0.3) is 0 Å². The van der Waals surface area contributed by atoms with Gasteiger partial charge in [-0.3, -0.25) is 9.59 Å². The number of unbranched alkanes of at least 4 members (excludes halogenated alkanes) is 14. The standard InChI is InChI=1S/C36H62O4/c1-3-5-7-9-11-13-14-15-16-17-19-25-29-33-36(39)40-34(30-26-22-18-12-10-8-6-4-2)31-27-23-20-21-24-28-32-35(37)38/h5,7,11,13,15-16,26,30,34H,3-4,6,8-10,12,14,17-25,27-29,31-33H2,1-2H3,(H,37,38)/b7-5-,13-11-,16-15-,30-26-. The van der Waals surface area contributed by atoms with Crippen molar-refractivity contribution in [2.45, 2.75) is 168 Å². The molecule has 0 aromatic carbocycles. The van der Waals surface area contributed by atoms with Gasteiger partial charge in [0.05, 0.1) is 0 Å². The normalized spacial score (nSPS) is 12.8. The highest BCUT2D eigenvalue weighted by atomic mass is 16.5. The van der Waals surface area contributed by atoms with Gasteiger partial charge in [-0.05, 0) is 76.7 Å². The van der Waals surface area contributed by atoms with Crippen molar-refractivity contribution >= 4 is 11.9 Å². The van der Waals surface area contributed by atoms with Crippen molar-refractivity contribution in [1.82, 2.24) is 0 Å². The molecule has 40 heavy (non-hydrogen) atoms. The number of hydrogen-bond donors (Lipinski definition) is 1. The number of carbonyl (C=O) groups is 2. The molecule has 0 spiro atoms. The Morgan fingerprint density at radius 3 is 1.80 bits per heavy atom. The Morgan fingerprint density at radius 2 is 1.12 bits per heavy atom. The predicted molar refractivity (Wildman–Crippen MR) is 172 cm³/mol. The summed E-state index contributed by atoms with van der Waals surface area (Å²) in [4.78, 5) is 23.1. The molecule has 0 bridgehead atoms. The Balaban J connectivity index is 4.19. The van der Waals surface area contributed by atoms with Crippen LogP contribution in [0.25, 0.3) is 0 Å². The SMILES string of the molecule is CC/C=C\C/C=C\C/C=C\CCCCCC(=O)OC(/C=C\CCCCCCCC)CCCCCCCCC(=O)O. The van der Waals surface area contributed by atoms with Gasteiger partial charge in [0, 0.05) is 12.8 Å². The minimum atomic E-state index is -0.705. The summed E-state index contributed by atoms with van der Waals surface area (Å²) in [5, 5.41) is 8.74. The Hall–Kier alpha value is -2.10. The summed E-state index contributed by atoms with van der Waals surface area (Å²) >= 11 is 0. The first-order valence-corrected chi connectivity index (χ1v) is 16.6. The first-order valence-electron chi connectivity index (χ1n) is 16.6. The van der Waals surface area contributed by atoms with E-state index in [2.05, 4.69) is 62.5 Å². The molecule has 0 rings (SSSR count). The number of carboxylic acids is 1. The quantitative estimate of drug-likeness (QED) is 0.0563. The molecule has 0 aromatic rings. The molecule has 1 unspecified atom stereocenters. The van der Waals surface area contributed by atoms with Crippen LogP contribution in [0.2, 0.25) is 0 Å². The first-order chi connectivity index (χ1) is 19.6. The van der Waals surface area contributed by atoms with Gasteiger partial charge in [-0.2, -0.15) is 0 Å². The second kappa shape index (κ2) is 31.4. The molecule has 0 aliphatic carbocycles. The van der Waals surface area contributed by atoms with Crippen molar-refractivity contribution in [3.05, 3.63) is 48.6 Å². The highest BCUT2D eigenvalue weighted by molar-refractivity contribution is 5.69. The van der Waals surface area contributed by atoms with Gasteiger partial charge in [0.2, 0.25) is 0 Å². The molecule has 0 saturated carbocycles. The lowest BCUT2D eigenvalue weighted by Gasteiger charge is -2.15. The van der Waals surface area contributed by atoms with Crippen molar-refractivity contribution in [1.29, 1.82) is 0 Å². The van der Waals surface area contributed by atoms with E-state index in [1.54, 1.807) is 0 Å². The number of hydrogen-bond acceptors (Lipinski definition) is 3. The van der Waals surface area contributed by atoms with Crippen LogP contribution in [-0.2, 0) is 14.3 Å². The van der Waals surface area contributed by atoms with Gasteiger partial charge in [-0.15, -0.1) is 0 Å². The van der Waals surface area contributed by atoms with Gasteiger partial charge < -0.3 is 9.84 Å². The third-order valence-electron chi connectivity index (χ3n) is 7.02. The molecule has 1 atom stereocenters. The molecular weight excluding hydrogens is 496 g/mol. The molecule has 0 aliphatic heterocycles. The maximum atomic E-state index is 12.5. The number of esters is 1. The van der Waals surface area contributed by atoms with Crippen LogP contribution in [0.15, 0.2) is 48.6 Å². The number of allylic oxidation sites excluding steroid dienone is 7. The Labute approximate surface area is 247 Å². The minimum Gasteiger partial charge on any atom is -0.481 e. The summed E-state index contributed by atoms with van der Waals surface area (Å²) in [6.45, 7) is 4.40. The van der Waals surface area contributed by atoms with E-state index >= 15 is 0 Å². The maximum Gasteiger partial charge on any atom is 0.306 e. The van der Waals surface area contributed by atoms with E-state index < -0.39 is 5.97 Å². The van der Waals surface area contributed by atoms with Crippen molar-refractivity contribution in [3.8, 4) is 0 Å². The van der Waals surface area contributed by atoms with E-state index in [1.807, 2.05) is 0 Å². The first kappa shape index (κ1) is 37.9. The van der Waals surface area contributed by atoms with Crippen LogP contribution in [0, 0.1) is 0 Å². The molecule has 4 nitrogen and oxygen atoms in total. The lowest BCUT2D eigenvalue weighted by atomic mass is 10.0.